The van der Waals surface area contributed by atoms with E-state index in [9.17, 15) is 13.2 Å². The number of sulfone groups is 1. The summed E-state index contributed by atoms with van der Waals surface area (Å²) in [5.74, 6) is 0.0614. The number of aryl methyl sites for hydroxylation is 1. The first-order chi connectivity index (χ1) is 7.29. The highest BCUT2D eigenvalue weighted by Crippen LogP contribution is 2.08. The van der Waals surface area contributed by atoms with E-state index in [1.165, 1.54) is 23.1 Å². The summed E-state index contributed by atoms with van der Waals surface area (Å²) in [5.41, 5.74) is 5.84. The fourth-order valence-electron chi connectivity index (χ4n) is 1.28. The van der Waals surface area contributed by atoms with Gasteiger partial charge in [-0.1, -0.05) is 0 Å². The van der Waals surface area contributed by atoms with E-state index in [4.69, 9.17) is 5.73 Å². The highest BCUT2D eigenvalue weighted by Gasteiger charge is 2.05. The van der Waals surface area contributed by atoms with Crippen molar-refractivity contribution >= 4 is 31.5 Å². The van der Waals surface area contributed by atoms with Gasteiger partial charge in [-0.3, -0.25) is 4.79 Å². The van der Waals surface area contributed by atoms with Gasteiger partial charge in [0, 0.05) is 24.7 Å². The number of hydrogen-bond acceptors (Lipinski definition) is 4. The van der Waals surface area contributed by atoms with E-state index in [1.54, 1.807) is 0 Å². The van der Waals surface area contributed by atoms with Gasteiger partial charge in [-0.25, -0.2) is 8.42 Å². The first kappa shape index (κ1) is 13.2. The second-order valence-corrected chi connectivity index (χ2v) is 6.72. The fraction of sp³-hybridized carbons (Fsp3) is 0.444. The number of pyridine rings is 1. The van der Waals surface area contributed by atoms with Crippen LogP contribution in [0.4, 0.5) is 5.69 Å². The molecule has 0 saturated heterocycles. The number of anilines is 1. The van der Waals surface area contributed by atoms with Gasteiger partial charge in [-0.15, -0.1) is 0 Å². The zero-order valence-electron chi connectivity index (χ0n) is 8.81. The molecular formula is C9H13BrN2O3S. The van der Waals surface area contributed by atoms with Crippen LogP contribution >= 0.6 is 15.9 Å². The van der Waals surface area contributed by atoms with Crippen molar-refractivity contribution in [3.8, 4) is 0 Å². The van der Waals surface area contributed by atoms with Crippen molar-refractivity contribution < 1.29 is 8.42 Å². The van der Waals surface area contributed by atoms with Crippen LogP contribution in [0.25, 0.3) is 0 Å². The van der Waals surface area contributed by atoms with Gasteiger partial charge in [-0.05, 0) is 28.4 Å². The monoisotopic (exact) mass is 308 g/mol. The normalized spacial score (nSPS) is 11.6. The number of nitrogen functional groups attached to an aromatic ring is 1. The van der Waals surface area contributed by atoms with E-state index in [0.717, 1.165) is 0 Å². The van der Waals surface area contributed by atoms with Gasteiger partial charge in [-0.2, -0.15) is 0 Å². The zero-order valence-corrected chi connectivity index (χ0v) is 11.2. The van der Waals surface area contributed by atoms with Crippen molar-refractivity contribution in [1.29, 1.82) is 0 Å². The summed E-state index contributed by atoms with van der Waals surface area (Å²) in [4.78, 5) is 11.6. The molecule has 1 aromatic heterocycles. The Labute approximate surface area is 102 Å². The standard InChI is InChI=1S/C9H13BrN2O3S/c1-16(14,15)4-2-3-12-6-7(11)5-8(10)9(12)13/h5-6H,2-4,11H2,1H3. The van der Waals surface area contributed by atoms with Crippen LogP contribution in [0.15, 0.2) is 21.5 Å². The third-order valence-corrected chi connectivity index (χ3v) is 3.58. The molecule has 7 heteroatoms. The Morgan fingerprint density at radius 3 is 2.69 bits per heavy atom. The molecule has 0 radical (unpaired) electrons. The lowest BCUT2D eigenvalue weighted by Crippen LogP contribution is -2.22. The third kappa shape index (κ3) is 3.97. The summed E-state index contributed by atoms with van der Waals surface area (Å²) < 4.78 is 23.6. The smallest absolute Gasteiger partial charge is 0.264 e. The maximum absolute atomic E-state index is 11.6. The Hall–Kier alpha value is -0.820. The molecule has 0 amide bonds. The molecular weight excluding hydrogens is 296 g/mol. The quantitative estimate of drug-likeness (QED) is 0.884. The molecule has 90 valence electrons. The Kier molecular flexibility index (Phi) is 4.15. The molecule has 0 aliphatic carbocycles. The number of nitrogens with two attached hydrogens (primary N) is 1. The van der Waals surface area contributed by atoms with Crippen molar-refractivity contribution in [3.05, 3.63) is 27.1 Å². The van der Waals surface area contributed by atoms with Gasteiger partial charge in [0.1, 0.15) is 9.84 Å². The summed E-state index contributed by atoms with van der Waals surface area (Å²) in [6.45, 7) is 0.343. The van der Waals surface area contributed by atoms with E-state index in [1.807, 2.05) is 0 Å². The molecule has 1 aromatic rings. The summed E-state index contributed by atoms with van der Waals surface area (Å²) >= 11 is 3.10. The molecule has 0 aliphatic heterocycles. The van der Waals surface area contributed by atoms with Crippen LogP contribution in [0.3, 0.4) is 0 Å². The van der Waals surface area contributed by atoms with E-state index in [-0.39, 0.29) is 11.3 Å². The van der Waals surface area contributed by atoms with Gasteiger partial charge in [0.25, 0.3) is 5.56 Å². The van der Waals surface area contributed by atoms with E-state index in [2.05, 4.69) is 15.9 Å². The molecule has 0 aliphatic rings. The number of nitrogens with zero attached hydrogens (tertiary/aromatic N) is 1. The summed E-state index contributed by atoms with van der Waals surface area (Å²) in [6.07, 6.45) is 3.08. The summed E-state index contributed by atoms with van der Waals surface area (Å²) in [5, 5.41) is 0. The summed E-state index contributed by atoms with van der Waals surface area (Å²) in [6, 6.07) is 1.52. The Morgan fingerprint density at radius 2 is 2.12 bits per heavy atom. The van der Waals surface area contributed by atoms with Crippen molar-refractivity contribution in [2.45, 2.75) is 13.0 Å². The van der Waals surface area contributed by atoms with Gasteiger partial charge in [0.05, 0.1) is 10.2 Å². The zero-order chi connectivity index (χ0) is 12.3. The van der Waals surface area contributed by atoms with Gasteiger partial charge in [0.15, 0.2) is 0 Å². The maximum atomic E-state index is 11.6. The topological polar surface area (TPSA) is 82.2 Å². The van der Waals surface area contributed by atoms with Crippen LogP contribution in [-0.4, -0.2) is 25.0 Å². The van der Waals surface area contributed by atoms with Crippen LogP contribution in [0.2, 0.25) is 0 Å². The molecule has 0 atom stereocenters. The van der Waals surface area contributed by atoms with E-state index >= 15 is 0 Å². The molecule has 0 saturated carbocycles. The number of halogens is 1. The molecule has 0 fully saturated rings. The van der Waals surface area contributed by atoms with Crippen LogP contribution in [0.5, 0.6) is 0 Å². The number of rotatable bonds is 4. The van der Waals surface area contributed by atoms with Crippen LogP contribution in [0.1, 0.15) is 6.42 Å². The molecule has 1 heterocycles. The molecule has 16 heavy (non-hydrogen) atoms. The molecule has 0 bridgehead atoms. The summed E-state index contributed by atoms with van der Waals surface area (Å²) in [7, 11) is -2.99. The predicted molar refractivity (Wildman–Crippen MR) is 67.1 cm³/mol. The fourth-order valence-corrected chi connectivity index (χ4v) is 2.43. The maximum Gasteiger partial charge on any atom is 0.264 e. The third-order valence-electron chi connectivity index (χ3n) is 1.98. The highest BCUT2D eigenvalue weighted by molar-refractivity contribution is 9.10. The SMILES string of the molecule is CS(=O)(=O)CCCn1cc(N)cc(Br)c1=O. The second-order valence-electron chi connectivity index (χ2n) is 3.60. The Bertz CT molecular complexity index is 536. The molecule has 0 unspecified atom stereocenters. The second kappa shape index (κ2) is 5.01. The van der Waals surface area contributed by atoms with Crippen molar-refractivity contribution in [1.82, 2.24) is 4.57 Å². The predicted octanol–water partition coefficient (Wildman–Crippen LogP) is 0.628. The lowest BCUT2D eigenvalue weighted by Gasteiger charge is -2.06. The minimum atomic E-state index is -2.99. The highest BCUT2D eigenvalue weighted by atomic mass is 79.9. The molecule has 0 aromatic carbocycles. The van der Waals surface area contributed by atoms with Crippen LogP contribution < -0.4 is 11.3 Å². The Balaban J connectivity index is 2.79. The average molecular weight is 309 g/mol. The van der Waals surface area contributed by atoms with Crippen molar-refractivity contribution in [3.63, 3.8) is 0 Å². The number of hydrogen-bond donors (Lipinski definition) is 1. The minimum absolute atomic E-state index is 0.0614. The largest absolute Gasteiger partial charge is 0.398 e. The minimum Gasteiger partial charge on any atom is -0.398 e. The lowest BCUT2D eigenvalue weighted by atomic mass is 10.4. The Morgan fingerprint density at radius 1 is 1.50 bits per heavy atom. The molecule has 2 N–H and O–H groups in total. The van der Waals surface area contributed by atoms with Crippen LogP contribution in [-0.2, 0) is 16.4 Å². The van der Waals surface area contributed by atoms with E-state index < -0.39 is 9.84 Å². The van der Waals surface area contributed by atoms with Gasteiger partial charge < -0.3 is 10.3 Å². The van der Waals surface area contributed by atoms with Gasteiger partial charge >= 0.3 is 0 Å². The van der Waals surface area contributed by atoms with E-state index in [0.29, 0.717) is 23.1 Å². The number of aromatic nitrogens is 1. The first-order valence-corrected chi connectivity index (χ1v) is 7.48. The molecule has 5 nitrogen and oxygen atoms in total. The molecule has 1 rings (SSSR count). The lowest BCUT2D eigenvalue weighted by molar-refractivity contribution is 0.589. The van der Waals surface area contributed by atoms with Crippen LogP contribution in [0, 0.1) is 0 Å². The van der Waals surface area contributed by atoms with Crippen molar-refractivity contribution in [2.75, 3.05) is 17.7 Å². The van der Waals surface area contributed by atoms with Gasteiger partial charge in [0.2, 0.25) is 0 Å². The first-order valence-electron chi connectivity index (χ1n) is 4.63. The average Bonchev–Trinajstić information content (AvgIpc) is 2.11. The van der Waals surface area contributed by atoms with Crippen molar-refractivity contribution in [2.24, 2.45) is 0 Å². The molecule has 0 spiro atoms.